The highest BCUT2D eigenvalue weighted by molar-refractivity contribution is 5.28. The molecule has 1 aliphatic rings. The SMILES string of the molecule is Cc1ccc(CC2CCN(CC#CCc3ccc(O)cc3)CC2)cc1. The van der Waals surface area contributed by atoms with Crippen molar-refractivity contribution in [3.8, 4) is 17.6 Å². The molecule has 0 unspecified atom stereocenters. The predicted molar refractivity (Wildman–Crippen MR) is 104 cm³/mol. The van der Waals surface area contributed by atoms with E-state index < -0.39 is 0 Å². The van der Waals surface area contributed by atoms with Crippen LogP contribution in [0.4, 0.5) is 0 Å². The summed E-state index contributed by atoms with van der Waals surface area (Å²) in [5, 5.41) is 9.28. The lowest BCUT2D eigenvalue weighted by molar-refractivity contribution is 0.203. The summed E-state index contributed by atoms with van der Waals surface area (Å²) in [5.74, 6) is 7.67. The molecule has 2 nitrogen and oxygen atoms in total. The molecule has 0 atom stereocenters. The van der Waals surface area contributed by atoms with E-state index in [1.807, 2.05) is 12.1 Å². The third kappa shape index (κ3) is 5.66. The van der Waals surface area contributed by atoms with E-state index in [4.69, 9.17) is 0 Å². The zero-order valence-corrected chi connectivity index (χ0v) is 15.0. The van der Waals surface area contributed by atoms with Gasteiger partial charge < -0.3 is 5.11 Å². The van der Waals surface area contributed by atoms with Gasteiger partial charge in [0.1, 0.15) is 5.75 Å². The molecule has 0 aliphatic carbocycles. The molecule has 3 rings (SSSR count). The van der Waals surface area contributed by atoms with Crippen molar-refractivity contribution in [2.24, 2.45) is 5.92 Å². The van der Waals surface area contributed by atoms with Gasteiger partial charge in [-0.3, -0.25) is 4.90 Å². The van der Waals surface area contributed by atoms with Crippen LogP contribution in [-0.2, 0) is 12.8 Å². The molecule has 2 aromatic rings. The van der Waals surface area contributed by atoms with Crippen molar-refractivity contribution in [1.82, 2.24) is 4.90 Å². The number of piperidine rings is 1. The number of rotatable bonds is 4. The third-order valence-corrected chi connectivity index (χ3v) is 5.01. The molecule has 0 radical (unpaired) electrons. The summed E-state index contributed by atoms with van der Waals surface area (Å²) in [6.45, 7) is 5.33. The molecular weight excluding hydrogens is 306 g/mol. The topological polar surface area (TPSA) is 23.5 Å². The number of phenolic OH excluding ortho intramolecular Hbond substituents is 1. The molecular formula is C23H27NO. The molecule has 2 aromatic carbocycles. The maximum atomic E-state index is 9.28. The molecule has 1 fully saturated rings. The molecule has 25 heavy (non-hydrogen) atoms. The minimum Gasteiger partial charge on any atom is -0.508 e. The smallest absolute Gasteiger partial charge is 0.115 e. The largest absolute Gasteiger partial charge is 0.508 e. The standard InChI is InChI=1S/C23H27NO/c1-19-5-7-21(8-6-19)18-22-13-16-24(17-14-22)15-3-2-4-20-9-11-23(25)12-10-20/h5-12,22,25H,4,13-18H2,1H3. The fraction of sp³-hybridized carbons (Fsp3) is 0.391. The zero-order chi connectivity index (χ0) is 17.5. The molecule has 130 valence electrons. The second kappa shape index (κ2) is 8.74. The van der Waals surface area contributed by atoms with Crippen LogP contribution in [0.2, 0.25) is 0 Å². The van der Waals surface area contributed by atoms with Crippen LogP contribution in [0.25, 0.3) is 0 Å². The Labute approximate surface area is 151 Å². The average molecular weight is 333 g/mol. The van der Waals surface area contributed by atoms with Crippen molar-refractivity contribution in [3.63, 3.8) is 0 Å². The first-order valence-corrected chi connectivity index (χ1v) is 9.20. The van der Waals surface area contributed by atoms with E-state index in [1.165, 1.54) is 30.4 Å². The molecule has 1 aliphatic heterocycles. The number of benzene rings is 2. The second-order valence-electron chi connectivity index (χ2n) is 7.11. The summed E-state index contributed by atoms with van der Waals surface area (Å²) >= 11 is 0. The van der Waals surface area contributed by atoms with E-state index in [0.717, 1.165) is 37.5 Å². The van der Waals surface area contributed by atoms with E-state index in [0.29, 0.717) is 5.75 Å². The van der Waals surface area contributed by atoms with Gasteiger partial charge in [-0.15, -0.1) is 0 Å². The molecule has 1 heterocycles. The van der Waals surface area contributed by atoms with Crippen LogP contribution in [0.5, 0.6) is 5.75 Å². The Hall–Kier alpha value is -2.24. The Bertz CT molecular complexity index is 713. The Morgan fingerprint density at radius 2 is 1.56 bits per heavy atom. The van der Waals surface area contributed by atoms with E-state index in [1.54, 1.807) is 12.1 Å². The van der Waals surface area contributed by atoms with Crippen LogP contribution >= 0.6 is 0 Å². The molecule has 1 N–H and O–H groups in total. The van der Waals surface area contributed by atoms with Gasteiger partial charge in [0.05, 0.1) is 6.54 Å². The number of nitrogens with zero attached hydrogens (tertiary/aromatic N) is 1. The zero-order valence-electron chi connectivity index (χ0n) is 15.0. The summed E-state index contributed by atoms with van der Waals surface area (Å²) in [5.41, 5.74) is 3.96. The van der Waals surface area contributed by atoms with Gasteiger partial charge in [0.25, 0.3) is 0 Å². The average Bonchev–Trinajstić information content (AvgIpc) is 2.63. The number of hydrogen-bond acceptors (Lipinski definition) is 2. The van der Waals surface area contributed by atoms with E-state index in [2.05, 4.69) is 47.9 Å². The Morgan fingerprint density at radius 1 is 0.920 bits per heavy atom. The van der Waals surface area contributed by atoms with Gasteiger partial charge in [-0.25, -0.2) is 0 Å². The summed E-state index contributed by atoms with van der Waals surface area (Å²) in [7, 11) is 0. The number of hydrogen-bond donors (Lipinski definition) is 1. The van der Waals surface area contributed by atoms with Crippen molar-refractivity contribution in [2.75, 3.05) is 19.6 Å². The molecule has 1 saturated heterocycles. The molecule has 0 saturated carbocycles. The van der Waals surface area contributed by atoms with Crippen molar-refractivity contribution in [3.05, 3.63) is 65.2 Å². The van der Waals surface area contributed by atoms with Gasteiger partial charge in [-0.2, -0.15) is 0 Å². The molecule has 0 amide bonds. The van der Waals surface area contributed by atoms with Crippen molar-refractivity contribution < 1.29 is 5.11 Å². The van der Waals surface area contributed by atoms with Crippen LogP contribution in [0, 0.1) is 24.7 Å². The van der Waals surface area contributed by atoms with Gasteiger partial charge >= 0.3 is 0 Å². The van der Waals surface area contributed by atoms with Gasteiger partial charge in [0.2, 0.25) is 0 Å². The fourth-order valence-electron chi connectivity index (χ4n) is 3.35. The lowest BCUT2D eigenvalue weighted by Crippen LogP contribution is -2.34. The summed E-state index contributed by atoms with van der Waals surface area (Å²) in [6, 6.07) is 16.3. The maximum absolute atomic E-state index is 9.28. The lowest BCUT2D eigenvalue weighted by Gasteiger charge is -2.30. The van der Waals surface area contributed by atoms with Crippen LogP contribution in [-0.4, -0.2) is 29.6 Å². The number of aromatic hydroxyl groups is 1. The Balaban J connectivity index is 1.38. The first-order valence-electron chi connectivity index (χ1n) is 9.20. The van der Waals surface area contributed by atoms with Gasteiger partial charge in [0.15, 0.2) is 0 Å². The Morgan fingerprint density at radius 3 is 2.24 bits per heavy atom. The summed E-state index contributed by atoms with van der Waals surface area (Å²) in [6.07, 6.45) is 4.51. The normalized spacial score (nSPS) is 15.6. The summed E-state index contributed by atoms with van der Waals surface area (Å²) in [4.78, 5) is 2.47. The van der Waals surface area contributed by atoms with E-state index in [-0.39, 0.29) is 0 Å². The number of aryl methyl sites for hydroxylation is 1. The molecule has 0 spiro atoms. The predicted octanol–water partition coefficient (Wildman–Crippen LogP) is 4.20. The second-order valence-corrected chi connectivity index (χ2v) is 7.11. The van der Waals surface area contributed by atoms with E-state index >= 15 is 0 Å². The quantitative estimate of drug-likeness (QED) is 0.848. The number of likely N-dealkylation sites (tertiary alicyclic amines) is 1. The monoisotopic (exact) mass is 333 g/mol. The highest BCUT2D eigenvalue weighted by Gasteiger charge is 2.18. The Kier molecular flexibility index (Phi) is 6.14. The van der Waals surface area contributed by atoms with Crippen LogP contribution in [0.3, 0.4) is 0 Å². The first kappa shape index (κ1) is 17.6. The van der Waals surface area contributed by atoms with Crippen LogP contribution in [0.1, 0.15) is 29.5 Å². The van der Waals surface area contributed by atoms with Crippen molar-refractivity contribution in [2.45, 2.75) is 32.6 Å². The molecule has 0 aromatic heterocycles. The minimum absolute atomic E-state index is 0.310. The van der Waals surface area contributed by atoms with Gasteiger partial charge in [0, 0.05) is 6.42 Å². The van der Waals surface area contributed by atoms with Crippen LogP contribution < -0.4 is 0 Å². The van der Waals surface area contributed by atoms with Crippen LogP contribution in [0.15, 0.2) is 48.5 Å². The molecule has 2 heteroatoms. The van der Waals surface area contributed by atoms with E-state index in [9.17, 15) is 5.11 Å². The van der Waals surface area contributed by atoms with Gasteiger partial charge in [-0.05, 0) is 68.5 Å². The maximum Gasteiger partial charge on any atom is 0.115 e. The fourth-order valence-corrected chi connectivity index (χ4v) is 3.35. The first-order chi connectivity index (χ1) is 12.2. The highest BCUT2D eigenvalue weighted by atomic mass is 16.3. The highest BCUT2D eigenvalue weighted by Crippen LogP contribution is 2.21. The molecule has 0 bridgehead atoms. The van der Waals surface area contributed by atoms with Crippen molar-refractivity contribution >= 4 is 0 Å². The number of phenols is 1. The minimum atomic E-state index is 0.310. The third-order valence-electron chi connectivity index (χ3n) is 5.01. The van der Waals surface area contributed by atoms with Crippen molar-refractivity contribution in [1.29, 1.82) is 0 Å². The lowest BCUT2D eigenvalue weighted by atomic mass is 9.90. The van der Waals surface area contributed by atoms with Gasteiger partial charge in [-0.1, -0.05) is 53.8 Å². The summed E-state index contributed by atoms with van der Waals surface area (Å²) < 4.78 is 0.